The molecule has 3 N–H and O–H groups in total. The third-order valence-corrected chi connectivity index (χ3v) is 5.23. The summed E-state index contributed by atoms with van der Waals surface area (Å²) >= 11 is 1.78. The summed E-state index contributed by atoms with van der Waals surface area (Å²) in [5, 5.41) is 6.28. The Kier molecular flexibility index (Phi) is 8.44. The second-order valence-corrected chi connectivity index (χ2v) is 8.22. The van der Waals surface area contributed by atoms with Crippen molar-refractivity contribution in [3.63, 3.8) is 0 Å². The van der Waals surface area contributed by atoms with E-state index in [9.17, 15) is 8.42 Å². The van der Waals surface area contributed by atoms with Crippen molar-refractivity contribution in [2.24, 2.45) is 4.99 Å². The van der Waals surface area contributed by atoms with Crippen LogP contribution in [0.3, 0.4) is 0 Å². The molecule has 0 heterocycles. The molecule has 0 saturated carbocycles. The van der Waals surface area contributed by atoms with E-state index in [1.165, 1.54) is 0 Å². The van der Waals surface area contributed by atoms with Gasteiger partial charge in [0.25, 0.3) is 0 Å². The maximum atomic E-state index is 11.2. The molecule has 0 unspecified atom stereocenters. The van der Waals surface area contributed by atoms with Crippen molar-refractivity contribution in [2.75, 3.05) is 38.7 Å². The summed E-state index contributed by atoms with van der Waals surface area (Å²) in [6.45, 7) is 7.54. The van der Waals surface area contributed by atoms with Gasteiger partial charge in [0.1, 0.15) is 0 Å². The zero-order valence-corrected chi connectivity index (χ0v) is 14.0. The van der Waals surface area contributed by atoms with Gasteiger partial charge in [0.2, 0.25) is 10.0 Å². The average molecular weight is 310 g/mol. The molecule has 0 aromatic heterocycles. The maximum Gasteiger partial charge on any atom is 0.211 e. The predicted molar refractivity (Wildman–Crippen MR) is 84.4 cm³/mol. The first-order valence-corrected chi connectivity index (χ1v) is 9.11. The van der Waals surface area contributed by atoms with Crippen LogP contribution in [0.15, 0.2) is 4.99 Å². The van der Waals surface area contributed by atoms with E-state index in [-0.39, 0.29) is 10.5 Å². The van der Waals surface area contributed by atoms with Crippen LogP contribution in [-0.4, -0.2) is 57.8 Å². The molecule has 0 rings (SSSR count). The lowest BCUT2D eigenvalue weighted by Crippen LogP contribution is -2.45. The molecule has 0 aliphatic carbocycles. The number of aliphatic imine (C=N–C) groups is 1. The van der Waals surface area contributed by atoms with Crippen LogP contribution in [0.4, 0.5) is 0 Å². The van der Waals surface area contributed by atoms with Crippen LogP contribution in [0.5, 0.6) is 0 Å². The first kappa shape index (κ1) is 18.5. The molecule has 0 fully saturated rings. The molecule has 0 aliphatic rings. The molecular formula is C11H26N4O2S2. The molecule has 0 saturated heterocycles. The van der Waals surface area contributed by atoms with Gasteiger partial charge in [0.05, 0.1) is 5.75 Å². The third-order valence-electron chi connectivity index (χ3n) is 2.58. The summed E-state index contributed by atoms with van der Waals surface area (Å²) in [4.78, 5) is 4.09. The number of hydrogen-bond donors (Lipinski definition) is 3. The molecule has 19 heavy (non-hydrogen) atoms. The highest BCUT2D eigenvalue weighted by Gasteiger charge is 2.16. The topological polar surface area (TPSA) is 82.6 Å². The minimum absolute atomic E-state index is 0.0991. The van der Waals surface area contributed by atoms with E-state index in [1.807, 2.05) is 0 Å². The quantitative estimate of drug-likeness (QED) is 0.340. The van der Waals surface area contributed by atoms with Gasteiger partial charge in [-0.2, -0.15) is 11.8 Å². The van der Waals surface area contributed by atoms with Crippen molar-refractivity contribution in [2.45, 2.75) is 25.5 Å². The van der Waals surface area contributed by atoms with E-state index < -0.39 is 10.0 Å². The van der Waals surface area contributed by atoms with Gasteiger partial charge in [-0.1, -0.05) is 0 Å². The first-order valence-electron chi connectivity index (χ1n) is 6.23. The third kappa shape index (κ3) is 9.12. The van der Waals surface area contributed by atoms with Crippen LogP contribution in [0.1, 0.15) is 20.8 Å². The highest BCUT2D eigenvalue weighted by Crippen LogP contribution is 2.19. The molecule has 0 radical (unpaired) electrons. The molecule has 6 nitrogen and oxygen atoms in total. The van der Waals surface area contributed by atoms with E-state index in [1.54, 1.807) is 25.7 Å². The summed E-state index contributed by atoms with van der Waals surface area (Å²) in [5.41, 5.74) is 0. The first-order chi connectivity index (χ1) is 8.76. The Morgan fingerprint density at radius 3 is 2.37 bits per heavy atom. The number of nitrogens with zero attached hydrogens (tertiary/aromatic N) is 1. The zero-order valence-electron chi connectivity index (χ0n) is 12.4. The minimum Gasteiger partial charge on any atom is -0.355 e. The molecule has 0 aromatic carbocycles. The highest BCUT2D eigenvalue weighted by atomic mass is 32.2. The fourth-order valence-electron chi connectivity index (χ4n) is 1.08. The molecule has 0 aliphatic heterocycles. The van der Waals surface area contributed by atoms with Crippen molar-refractivity contribution in [3.8, 4) is 0 Å². The Bertz CT molecular complexity index is 380. The molecule has 0 aromatic rings. The van der Waals surface area contributed by atoms with Crippen molar-refractivity contribution in [1.29, 1.82) is 0 Å². The van der Waals surface area contributed by atoms with E-state index in [0.717, 1.165) is 6.54 Å². The van der Waals surface area contributed by atoms with Crippen molar-refractivity contribution in [3.05, 3.63) is 0 Å². The minimum atomic E-state index is -3.12. The molecule has 8 heteroatoms. The fraction of sp³-hybridized carbons (Fsp3) is 0.909. The maximum absolute atomic E-state index is 11.2. The molecule has 0 atom stereocenters. The Morgan fingerprint density at radius 2 is 1.89 bits per heavy atom. The Labute approximate surface area is 121 Å². The number of rotatable bonds is 8. The van der Waals surface area contributed by atoms with Crippen LogP contribution in [0.25, 0.3) is 0 Å². The standard InChI is InChI=1S/C11H26N4O2S2/c1-6-19(16,17)15-8-7-13-10(12-4)14-9-11(2,3)18-5/h15H,6-9H2,1-5H3,(H2,12,13,14). The number of hydrogen-bond acceptors (Lipinski definition) is 4. The lowest BCUT2D eigenvalue weighted by molar-refractivity contribution is 0.581. The summed E-state index contributed by atoms with van der Waals surface area (Å²) in [6.07, 6.45) is 2.07. The zero-order chi connectivity index (χ0) is 14.9. The second kappa shape index (κ2) is 8.65. The summed E-state index contributed by atoms with van der Waals surface area (Å²) in [6, 6.07) is 0. The van der Waals surface area contributed by atoms with Crippen LogP contribution in [0.2, 0.25) is 0 Å². The Balaban J connectivity index is 3.97. The van der Waals surface area contributed by atoms with Crippen molar-refractivity contribution >= 4 is 27.7 Å². The van der Waals surface area contributed by atoms with E-state index in [2.05, 4.69) is 40.5 Å². The lowest BCUT2D eigenvalue weighted by atomic mass is 10.2. The largest absolute Gasteiger partial charge is 0.355 e. The van der Waals surface area contributed by atoms with Gasteiger partial charge in [-0.05, 0) is 27.0 Å². The van der Waals surface area contributed by atoms with E-state index >= 15 is 0 Å². The average Bonchev–Trinajstić information content (AvgIpc) is 2.38. The van der Waals surface area contributed by atoms with Gasteiger partial charge >= 0.3 is 0 Å². The van der Waals surface area contributed by atoms with Gasteiger partial charge in [0.15, 0.2) is 5.96 Å². The monoisotopic (exact) mass is 310 g/mol. The van der Waals surface area contributed by atoms with Crippen LogP contribution >= 0.6 is 11.8 Å². The second-order valence-electron chi connectivity index (χ2n) is 4.61. The summed E-state index contributed by atoms with van der Waals surface area (Å²) in [7, 11) is -1.43. The normalized spacial score (nSPS) is 13.4. The molecule has 0 amide bonds. The number of sulfonamides is 1. The molecule has 114 valence electrons. The van der Waals surface area contributed by atoms with Gasteiger partial charge in [-0.3, -0.25) is 4.99 Å². The van der Waals surface area contributed by atoms with E-state index in [4.69, 9.17) is 0 Å². The van der Waals surface area contributed by atoms with Crippen molar-refractivity contribution in [1.82, 2.24) is 15.4 Å². The summed E-state index contributed by atoms with van der Waals surface area (Å²) < 4.78 is 25.1. The summed E-state index contributed by atoms with van der Waals surface area (Å²) in [5.74, 6) is 0.778. The number of guanidine groups is 1. The SMILES string of the molecule is CCS(=O)(=O)NCCNC(=NC)NCC(C)(C)SC. The highest BCUT2D eigenvalue weighted by molar-refractivity contribution is 7.99. The lowest BCUT2D eigenvalue weighted by Gasteiger charge is -2.23. The van der Waals surface area contributed by atoms with Crippen LogP contribution < -0.4 is 15.4 Å². The smallest absolute Gasteiger partial charge is 0.211 e. The molecule has 0 spiro atoms. The molecular weight excluding hydrogens is 284 g/mol. The fourth-order valence-corrected chi connectivity index (χ4v) is 1.91. The van der Waals surface area contributed by atoms with Gasteiger partial charge < -0.3 is 10.6 Å². The van der Waals surface area contributed by atoms with Crippen LogP contribution in [-0.2, 0) is 10.0 Å². The van der Waals surface area contributed by atoms with Gasteiger partial charge in [0, 0.05) is 31.4 Å². The number of thioether (sulfide) groups is 1. The van der Waals surface area contributed by atoms with Crippen molar-refractivity contribution < 1.29 is 8.42 Å². The predicted octanol–water partition coefficient (Wildman–Crippen LogP) is 0.232. The molecule has 0 bridgehead atoms. The van der Waals surface area contributed by atoms with Crippen LogP contribution in [0, 0.1) is 0 Å². The Morgan fingerprint density at radius 1 is 1.26 bits per heavy atom. The van der Waals surface area contributed by atoms with Gasteiger partial charge in [-0.15, -0.1) is 0 Å². The Hall–Kier alpha value is -0.470. The number of nitrogens with one attached hydrogen (secondary N) is 3. The van der Waals surface area contributed by atoms with Gasteiger partial charge in [-0.25, -0.2) is 13.1 Å². The van der Waals surface area contributed by atoms with E-state index in [0.29, 0.717) is 19.0 Å².